The molecule has 0 N–H and O–H groups in total. The van der Waals surface area contributed by atoms with Crippen LogP contribution in [0.3, 0.4) is 0 Å². The van der Waals surface area contributed by atoms with Crippen molar-refractivity contribution in [2.75, 3.05) is 31.6 Å². The number of hydrogen-bond donors (Lipinski definition) is 0. The van der Waals surface area contributed by atoms with E-state index in [1.807, 2.05) is 0 Å². The smallest absolute Gasteiger partial charge is 0.0469 e. The summed E-state index contributed by atoms with van der Waals surface area (Å²) in [5.41, 5.74) is 0. The van der Waals surface area contributed by atoms with Crippen molar-refractivity contribution in [1.82, 2.24) is 4.90 Å². The van der Waals surface area contributed by atoms with Gasteiger partial charge in [0.15, 0.2) is 0 Å². The van der Waals surface area contributed by atoms with Crippen molar-refractivity contribution in [3.05, 3.63) is 0 Å². The standard InChI is InChI=1S/C13H24BrNO/c14-7-8-15(13-3-1-2-4-13)11-12-5-9-16-10-6-12/h12-13H,1-11H2. The Kier molecular flexibility index (Phi) is 5.60. The van der Waals surface area contributed by atoms with Crippen LogP contribution < -0.4 is 0 Å². The fraction of sp³-hybridized carbons (Fsp3) is 1.00. The first-order valence-corrected chi connectivity index (χ1v) is 7.90. The molecular weight excluding hydrogens is 266 g/mol. The highest BCUT2D eigenvalue weighted by atomic mass is 79.9. The van der Waals surface area contributed by atoms with E-state index >= 15 is 0 Å². The Morgan fingerprint density at radius 3 is 2.38 bits per heavy atom. The zero-order chi connectivity index (χ0) is 11.2. The Balaban J connectivity index is 1.80. The van der Waals surface area contributed by atoms with Crippen LogP contribution in [0.2, 0.25) is 0 Å². The third-order valence-electron chi connectivity index (χ3n) is 4.05. The number of hydrogen-bond acceptors (Lipinski definition) is 2. The normalized spacial score (nSPS) is 24.4. The van der Waals surface area contributed by atoms with Crippen LogP contribution in [-0.2, 0) is 4.74 Å². The van der Waals surface area contributed by atoms with Gasteiger partial charge in [-0.05, 0) is 31.6 Å². The predicted molar refractivity (Wildman–Crippen MR) is 71.2 cm³/mol. The summed E-state index contributed by atoms with van der Waals surface area (Å²) in [6.45, 7) is 4.50. The van der Waals surface area contributed by atoms with Crippen molar-refractivity contribution < 1.29 is 4.74 Å². The van der Waals surface area contributed by atoms with E-state index in [0.29, 0.717) is 0 Å². The zero-order valence-corrected chi connectivity index (χ0v) is 11.8. The molecule has 3 heteroatoms. The molecule has 94 valence electrons. The van der Waals surface area contributed by atoms with Crippen LogP contribution in [0.4, 0.5) is 0 Å². The van der Waals surface area contributed by atoms with E-state index in [4.69, 9.17) is 4.74 Å². The van der Waals surface area contributed by atoms with Crippen molar-refractivity contribution in [1.29, 1.82) is 0 Å². The first kappa shape index (κ1) is 12.8. The van der Waals surface area contributed by atoms with Crippen LogP contribution in [0.15, 0.2) is 0 Å². The summed E-state index contributed by atoms with van der Waals surface area (Å²) in [5, 5.41) is 1.12. The van der Waals surface area contributed by atoms with Gasteiger partial charge < -0.3 is 4.74 Å². The number of halogens is 1. The van der Waals surface area contributed by atoms with Crippen LogP contribution in [-0.4, -0.2) is 42.6 Å². The largest absolute Gasteiger partial charge is 0.381 e. The van der Waals surface area contributed by atoms with Crippen molar-refractivity contribution >= 4 is 15.9 Å². The number of ether oxygens (including phenoxy) is 1. The molecule has 1 saturated carbocycles. The minimum Gasteiger partial charge on any atom is -0.381 e. The summed E-state index contributed by atoms with van der Waals surface area (Å²) in [4.78, 5) is 2.73. The maximum atomic E-state index is 5.44. The van der Waals surface area contributed by atoms with Crippen LogP contribution in [0.5, 0.6) is 0 Å². The average molecular weight is 290 g/mol. The van der Waals surface area contributed by atoms with E-state index < -0.39 is 0 Å². The molecule has 16 heavy (non-hydrogen) atoms. The molecule has 2 aliphatic rings. The minimum absolute atomic E-state index is 0.875. The van der Waals surface area contributed by atoms with Crippen LogP contribution >= 0.6 is 15.9 Å². The highest BCUT2D eigenvalue weighted by molar-refractivity contribution is 9.09. The molecule has 0 aromatic carbocycles. The van der Waals surface area contributed by atoms with Crippen LogP contribution in [0.1, 0.15) is 38.5 Å². The van der Waals surface area contributed by atoms with Gasteiger partial charge in [-0.15, -0.1) is 0 Å². The lowest BCUT2D eigenvalue weighted by Crippen LogP contribution is -2.39. The average Bonchev–Trinajstić information content (AvgIpc) is 2.83. The Morgan fingerprint density at radius 1 is 1.06 bits per heavy atom. The molecule has 0 atom stereocenters. The Labute approximate surface area is 108 Å². The van der Waals surface area contributed by atoms with Gasteiger partial charge >= 0.3 is 0 Å². The maximum absolute atomic E-state index is 5.44. The molecular formula is C13H24BrNO. The highest BCUT2D eigenvalue weighted by Gasteiger charge is 2.25. The first-order valence-electron chi connectivity index (χ1n) is 6.78. The van der Waals surface area contributed by atoms with E-state index in [9.17, 15) is 0 Å². The predicted octanol–water partition coefficient (Wildman–Crippen LogP) is 3.05. The first-order chi connectivity index (χ1) is 7.90. The van der Waals surface area contributed by atoms with E-state index in [0.717, 1.165) is 30.5 Å². The minimum atomic E-state index is 0.875. The van der Waals surface area contributed by atoms with Gasteiger partial charge in [0.2, 0.25) is 0 Å². The molecule has 1 heterocycles. The summed E-state index contributed by atoms with van der Waals surface area (Å²) in [7, 11) is 0. The number of nitrogens with zero attached hydrogens (tertiary/aromatic N) is 1. The lowest BCUT2D eigenvalue weighted by Gasteiger charge is -2.33. The molecule has 1 saturated heterocycles. The summed E-state index contributed by atoms with van der Waals surface area (Å²) in [5.74, 6) is 0.883. The second-order valence-corrected chi connectivity index (χ2v) is 5.97. The fourth-order valence-electron chi connectivity index (χ4n) is 3.06. The maximum Gasteiger partial charge on any atom is 0.0469 e. The Morgan fingerprint density at radius 2 is 1.75 bits per heavy atom. The fourth-order valence-corrected chi connectivity index (χ4v) is 3.52. The van der Waals surface area contributed by atoms with Gasteiger partial charge in [0, 0.05) is 37.7 Å². The summed E-state index contributed by atoms with van der Waals surface area (Å²) in [6.07, 6.45) is 8.28. The number of rotatable bonds is 5. The van der Waals surface area contributed by atoms with Crippen molar-refractivity contribution in [2.24, 2.45) is 5.92 Å². The Hall–Kier alpha value is 0.400. The van der Waals surface area contributed by atoms with E-state index in [1.54, 1.807) is 0 Å². The molecule has 2 rings (SSSR count). The molecule has 0 aromatic rings. The topological polar surface area (TPSA) is 12.5 Å². The van der Waals surface area contributed by atoms with Gasteiger partial charge in [-0.3, -0.25) is 4.90 Å². The Bertz CT molecular complexity index is 188. The van der Waals surface area contributed by atoms with Crippen molar-refractivity contribution in [3.63, 3.8) is 0 Å². The molecule has 2 nitrogen and oxygen atoms in total. The molecule has 0 unspecified atom stereocenters. The van der Waals surface area contributed by atoms with Crippen LogP contribution in [0.25, 0.3) is 0 Å². The second-order valence-electron chi connectivity index (χ2n) is 5.18. The summed E-state index contributed by atoms with van der Waals surface area (Å²) >= 11 is 3.60. The molecule has 0 spiro atoms. The van der Waals surface area contributed by atoms with Crippen molar-refractivity contribution in [3.8, 4) is 0 Å². The van der Waals surface area contributed by atoms with Gasteiger partial charge in [-0.1, -0.05) is 28.8 Å². The number of alkyl halides is 1. The van der Waals surface area contributed by atoms with Gasteiger partial charge in [-0.25, -0.2) is 0 Å². The molecule has 0 aromatic heterocycles. The third-order valence-corrected chi connectivity index (χ3v) is 4.40. The van der Waals surface area contributed by atoms with Crippen LogP contribution in [0, 0.1) is 5.92 Å². The molecule has 1 aliphatic carbocycles. The van der Waals surface area contributed by atoms with Gasteiger partial charge in [0.05, 0.1) is 0 Å². The molecule has 2 fully saturated rings. The third kappa shape index (κ3) is 3.71. The molecule has 1 aliphatic heterocycles. The summed E-state index contributed by atoms with van der Waals surface area (Å²) in [6, 6.07) is 0.875. The highest BCUT2D eigenvalue weighted by Crippen LogP contribution is 2.26. The van der Waals surface area contributed by atoms with Gasteiger partial charge in [0.25, 0.3) is 0 Å². The summed E-state index contributed by atoms with van der Waals surface area (Å²) < 4.78 is 5.44. The lowest BCUT2D eigenvalue weighted by atomic mass is 9.98. The SMILES string of the molecule is BrCCN(CC1CCOCC1)C1CCCC1. The van der Waals surface area contributed by atoms with Gasteiger partial charge in [0.1, 0.15) is 0 Å². The van der Waals surface area contributed by atoms with E-state index in [1.165, 1.54) is 51.6 Å². The zero-order valence-electron chi connectivity index (χ0n) is 10.2. The van der Waals surface area contributed by atoms with Gasteiger partial charge in [-0.2, -0.15) is 0 Å². The van der Waals surface area contributed by atoms with Crippen molar-refractivity contribution in [2.45, 2.75) is 44.6 Å². The molecule has 0 radical (unpaired) electrons. The molecule has 0 amide bonds. The molecule has 0 bridgehead atoms. The van der Waals surface area contributed by atoms with E-state index in [-0.39, 0.29) is 0 Å². The monoisotopic (exact) mass is 289 g/mol. The quantitative estimate of drug-likeness (QED) is 0.722. The second kappa shape index (κ2) is 6.97. The lowest BCUT2D eigenvalue weighted by molar-refractivity contribution is 0.0469. The van der Waals surface area contributed by atoms with E-state index in [2.05, 4.69) is 20.8 Å².